The second-order valence-corrected chi connectivity index (χ2v) is 7.91. The van der Waals surface area contributed by atoms with Crippen LogP contribution in [0.15, 0.2) is 0 Å². The van der Waals surface area contributed by atoms with Crippen molar-refractivity contribution in [1.29, 1.82) is 0 Å². The molecule has 1 heterocycles. The third-order valence-electron chi connectivity index (χ3n) is 5.45. The molecule has 0 N–H and O–H groups in total. The Bertz CT molecular complexity index is 493. The normalized spacial score (nSPS) is 21.1. The van der Waals surface area contributed by atoms with E-state index in [9.17, 15) is 14.4 Å². The summed E-state index contributed by atoms with van der Waals surface area (Å²) < 4.78 is 10.5. The SMILES string of the molecule is CCCCCCCCCCCC[C@H]1[C@H](OC(C)=O)[C@H](COC(C)=O)N1C(C)=O. The molecule has 0 aromatic carbocycles. The van der Waals surface area contributed by atoms with Gasteiger partial charge in [0.2, 0.25) is 5.91 Å². The van der Waals surface area contributed by atoms with E-state index >= 15 is 0 Å². The number of carbonyl (C=O) groups is 3. The van der Waals surface area contributed by atoms with Gasteiger partial charge in [-0.2, -0.15) is 0 Å². The van der Waals surface area contributed by atoms with Crippen molar-refractivity contribution in [2.75, 3.05) is 6.61 Å². The summed E-state index contributed by atoms with van der Waals surface area (Å²) in [6, 6.07) is -0.491. The summed E-state index contributed by atoms with van der Waals surface area (Å²) in [5.41, 5.74) is 0. The number of esters is 2. The molecule has 0 unspecified atom stereocenters. The molecular formula is C22H39NO5. The number of amides is 1. The maximum absolute atomic E-state index is 12.0. The second kappa shape index (κ2) is 13.6. The van der Waals surface area contributed by atoms with Crippen molar-refractivity contribution in [3.8, 4) is 0 Å². The summed E-state index contributed by atoms with van der Waals surface area (Å²) in [5, 5.41) is 0. The number of hydrogen-bond acceptors (Lipinski definition) is 5. The highest BCUT2D eigenvalue weighted by Crippen LogP contribution is 2.33. The van der Waals surface area contributed by atoms with Crippen LogP contribution in [0.1, 0.15) is 98.3 Å². The first-order valence-electron chi connectivity index (χ1n) is 11.0. The van der Waals surface area contributed by atoms with Crippen molar-refractivity contribution in [3.05, 3.63) is 0 Å². The third-order valence-corrected chi connectivity index (χ3v) is 5.45. The van der Waals surface area contributed by atoms with Crippen molar-refractivity contribution in [2.24, 2.45) is 0 Å². The van der Waals surface area contributed by atoms with Crippen LogP contribution in [0.3, 0.4) is 0 Å². The summed E-state index contributed by atoms with van der Waals surface area (Å²) in [5.74, 6) is -0.838. The van der Waals surface area contributed by atoms with Gasteiger partial charge in [0.25, 0.3) is 0 Å². The van der Waals surface area contributed by atoms with E-state index in [0.717, 1.165) is 19.3 Å². The van der Waals surface area contributed by atoms with Gasteiger partial charge < -0.3 is 14.4 Å². The first-order chi connectivity index (χ1) is 13.4. The molecule has 0 bridgehead atoms. The van der Waals surface area contributed by atoms with Crippen molar-refractivity contribution in [3.63, 3.8) is 0 Å². The van der Waals surface area contributed by atoms with Crippen molar-refractivity contribution >= 4 is 17.8 Å². The lowest BCUT2D eigenvalue weighted by Gasteiger charge is -2.53. The smallest absolute Gasteiger partial charge is 0.303 e. The van der Waals surface area contributed by atoms with Gasteiger partial charge in [0.05, 0.1) is 6.04 Å². The van der Waals surface area contributed by atoms with Gasteiger partial charge in [-0.25, -0.2) is 0 Å². The molecule has 1 aliphatic rings. The van der Waals surface area contributed by atoms with Gasteiger partial charge in [-0.15, -0.1) is 0 Å². The molecule has 0 spiro atoms. The molecule has 162 valence electrons. The molecule has 28 heavy (non-hydrogen) atoms. The Balaban J connectivity index is 2.36. The van der Waals surface area contributed by atoms with E-state index in [1.54, 1.807) is 4.90 Å². The highest BCUT2D eigenvalue weighted by molar-refractivity contribution is 5.76. The quantitative estimate of drug-likeness (QED) is 0.321. The number of likely N-dealkylation sites (tertiary alicyclic amines) is 1. The van der Waals surface area contributed by atoms with E-state index in [1.165, 1.54) is 72.1 Å². The van der Waals surface area contributed by atoms with Crippen LogP contribution in [0.25, 0.3) is 0 Å². The average molecular weight is 398 g/mol. The van der Waals surface area contributed by atoms with Gasteiger partial charge in [-0.1, -0.05) is 71.1 Å². The summed E-state index contributed by atoms with van der Waals surface area (Å²) in [4.78, 5) is 36.3. The zero-order valence-corrected chi connectivity index (χ0v) is 18.2. The predicted molar refractivity (Wildman–Crippen MR) is 109 cm³/mol. The highest BCUT2D eigenvalue weighted by atomic mass is 16.6. The van der Waals surface area contributed by atoms with Crippen LogP contribution in [0.4, 0.5) is 0 Å². The Kier molecular flexibility index (Phi) is 11.8. The minimum Gasteiger partial charge on any atom is -0.464 e. The van der Waals surface area contributed by atoms with E-state index in [1.807, 2.05) is 0 Å². The minimum atomic E-state index is -0.400. The number of nitrogens with zero attached hydrogens (tertiary/aromatic N) is 1. The molecule has 1 rings (SSSR count). The molecule has 6 nitrogen and oxygen atoms in total. The van der Waals surface area contributed by atoms with Crippen molar-refractivity contribution in [1.82, 2.24) is 4.90 Å². The molecule has 0 aromatic rings. The molecule has 0 saturated carbocycles. The number of carbonyl (C=O) groups excluding carboxylic acids is 3. The maximum atomic E-state index is 12.0. The molecule has 1 saturated heterocycles. The van der Waals surface area contributed by atoms with Crippen LogP contribution in [0.5, 0.6) is 0 Å². The fourth-order valence-electron chi connectivity index (χ4n) is 4.06. The highest BCUT2D eigenvalue weighted by Gasteiger charge is 2.52. The molecule has 1 amide bonds. The molecule has 0 aromatic heterocycles. The number of unbranched alkanes of at least 4 members (excludes halogenated alkanes) is 9. The monoisotopic (exact) mass is 397 g/mol. The molecule has 1 aliphatic heterocycles. The van der Waals surface area contributed by atoms with E-state index in [4.69, 9.17) is 9.47 Å². The van der Waals surface area contributed by atoms with Gasteiger partial charge in [-0.3, -0.25) is 14.4 Å². The predicted octanol–water partition coefficient (Wildman–Crippen LogP) is 4.39. The van der Waals surface area contributed by atoms with E-state index in [-0.39, 0.29) is 36.7 Å². The van der Waals surface area contributed by atoms with Crippen molar-refractivity contribution < 1.29 is 23.9 Å². The van der Waals surface area contributed by atoms with Crippen LogP contribution < -0.4 is 0 Å². The topological polar surface area (TPSA) is 72.9 Å². The van der Waals surface area contributed by atoms with Gasteiger partial charge in [0, 0.05) is 20.8 Å². The lowest BCUT2D eigenvalue weighted by Crippen LogP contribution is -2.71. The summed E-state index contributed by atoms with van der Waals surface area (Å²) >= 11 is 0. The molecule has 0 aliphatic carbocycles. The molecule has 0 radical (unpaired) electrons. The number of hydrogen-bond donors (Lipinski definition) is 0. The maximum Gasteiger partial charge on any atom is 0.303 e. The van der Waals surface area contributed by atoms with Crippen molar-refractivity contribution in [2.45, 2.75) is 117 Å². The largest absolute Gasteiger partial charge is 0.464 e. The van der Waals surface area contributed by atoms with E-state index in [0.29, 0.717) is 0 Å². The van der Waals surface area contributed by atoms with Gasteiger partial charge in [-0.05, 0) is 6.42 Å². The molecule has 6 heteroatoms. The fourth-order valence-corrected chi connectivity index (χ4v) is 4.06. The van der Waals surface area contributed by atoms with Crippen LogP contribution in [-0.4, -0.2) is 47.5 Å². The first-order valence-corrected chi connectivity index (χ1v) is 11.0. The van der Waals surface area contributed by atoms with Gasteiger partial charge in [0.1, 0.15) is 18.8 Å². The van der Waals surface area contributed by atoms with Crippen LogP contribution in [0.2, 0.25) is 0 Å². The Morgan fingerprint density at radius 3 is 1.75 bits per heavy atom. The number of ether oxygens (including phenoxy) is 2. The summed E-state index contributed by atoms with van der Waals surface area (Å²) in [7, 11) is 0. The summed E-state index contributed by atoms with van der Waals surface area (Å²) in [6.07, 6.45) is 13.0. The lowest BCUT2D eigenvalue weighted by atomic mass is 9.85. The Morgan fingerprint density at radius 2 is 1.29 bits per heavy atom. The third kappa shape index (κ3) is 8.61. The van der Waals surface area contributed by atoms with Crippen LogP contribution >= 0.6 is 0 Å². The average Bonchev–Trinajstić information content (AvgIpc) is 2.61. The number of rotatable bonds is 14. The van der Waals surface area contributed by atoms with Gasteiger partial charge in [0.15, 0.2) is 0 Å². The van der Waals surface area contributed by atoms with Crippen LogP contribution in [0, 0.1) is 0 Å². The Hall–Kier alpha value is -1.59. The Morgan fingerprint density at radius 1 is 0.750 bits per heavy atom. The molecule has 3 atom stereocenters. The van der Waals surface area contributed by atoms with Gasteiger partial charge >= 0.3 is 11.9 Å². The van der Waals surface area contributed by atoms with Crippen LogP contribution in [-0.2, 0) is 23.9 Å². The second-order valence-electron chi connectivity index (χ2n) is 7.91. The van der Waals surface area contributed by atoms with E-state index < -0.39 is 5.97 Å². The van der Waals surface area contributed by atoms with E-state index in [2.05, 4.69) is 6.92 Å². The minimum absolute atomic E-state index is 0.0708. The zero-order valence-electron chi connectivity index (χ0n) is 18.2. The first kappa shape index (κ1) is 24.4. The molecule has 1 fully saturated rings. The zero-order chi connectivity index (χ0) is 20.9. The lowest BCUT2D eigenvalue weighted by molar-refractivity contribution is -0.194. The fraction of sp³-hybridized carbons (Fsp3) is 0.864. The molecular weight excluding hydrogens is 358 g/mol. The standard InChI is InChI=1S/C22H39NO5/c1-5-6-7-8-9-10-11-12-13-14-15-20-22(28-19(4)26)21(16-27-18(3)25)23(20)17(2)24/h20-22H,5-16H2,1-4H3/t20-,21-,22-/m0/s1. The summed E-state index contributed by atoms with van der Waals surface area (Å²) in [6.45, 7) is 6.52. The Labute approximate surface area is 170 Å².